The molecule has 0 atom stereocenters. The molecule has 2 aromatic rings. The average Bonchev–Trinajstić information content (AvgIpc) is 2.86. The molecule has 0 spiro atoms. The zero-order valence-electron chi connectivity index (χ0n) is 9.51. The van der Waals surface area contributed by atoms with Gasteiger partial charge in [0.25, 0.3) is 5.91 Å². The normalized spacial score (nSPS) is 10.1. The van der Waals surface area contributed by atoms with E-state index in [4.69, 9.17) is 16.3 Å². The number of benzene rings is 1. The Bertz CT molecular complexity index is 559. The molecule has 1 aromatic carbocycles. The second kappa shape index (κ2) is 5.79. The number of nitrogens with one attached hydrogen (secondary N) is 1. The number of aromatic nitrogens is 2. The summed E-state index contributed by atoms with van der Waals surface area (Å²) >= 11 is 6.86. The number of rotatable bonds is 4. The molecule has 94 valence electrons. The number of hydrogen-bond acceptors (Lipinski definition) is 5. The SMILES string of the molecule is COc1ccccc1C(=O)Nc1nnc(CCl)s1. The Labute approximate surface area is 113 Å². The highest BCUT2D eigenvalue weighted by molar-refractivity contribution is 7.15. The molecule has 0 aliphatic heterocycles. The fourth-order valence-electron chi connectivity index (χ4n) is 1.35. The van der Waals surface area contributed by atoms with E-state index in [0.717, 1.165) is 0 Å². The van der Waals surface area contributed by atoms with E-state index < -0.39 is 0 Å². The number of para-hydroxylation sites is 1. The number of nitrogens with zero attached hydrogens (tertiary/aromatic N) is 2. The average molecular weight is 284 g/mol. The molecular weight excluding hydrogens is 274 g/mol. The molecule has 0 saturated heterocycles. The summed E-state index contributed by atoms with van der Waals surface area (Å²) in [5, 5.41) is 11.4. The number of hydrogen-bond donors (Lipinski definition) is 1. The molecule has 5 nitrogen and oxygen atoms in total. The van der Waals surface area contributed by atoms with E-state index in [0.29, 0.717) is 21.5 Å². The summed E-state index contributed by atoms with van der Waals surface area (Å²) in [6, 6.07) is 6.96. The highest BCUT2D eigenvalue weighted by Crippen LogP contribution is 2.21. The smallest absolute Gasteiger partial charge is 0.261 e. The molecule has 0 radical (unpaired) electrons. The van der Waals surface area contributed by atoms with E-state index in [9.17, 15) is 4.79 Å². The van der Waals surface area contributed by atoms with Crippen molar-refractivity contribution in [2.45, 2.75) is 5.88 Å². The van der Waals surface area contributed by atoms with Gasteiger partial charge >= 0.3 is 0 Å². The van der Waals surface area contributed by atoms with E-state index in [1.54, 1.807) is 24.3 Å². The van der Waals surface area contributed by atoms with E-state index in [-0.39, 0.29) is 11.8 Å². The molecule has 7 heteroatoms. The first-order chi connectivity index (χ1) is 8.74. The zero-order chi connectivity index (χ0) is 13.0. The highest BCUT2D eigenvalue weighted by atomic mass is 35.5. The minimum Gasteiger partial charge on any atom is -0.496 e. The second-order valence-corrected chi connectivity index (χ2v) is 4.62. The maximum Gasteiger partial charge on any atom is 0.261 e. The van der Waals surface area contributed by atoms with Gasteiger partial charge in [0.2, 0.25) is 5.13 Å². The number of carbonyl (C=O) groups excluding carboxylic acids is 1. The van der Waals surface area contributed by atoms with Gasteiger partial charge in [0.15, 0.2) is 0 Å². The molecular formula is C11H10ClN3O2S. The van der Waals surface area contributed by atoms with Crippen LogP contribution in [-0.4, -0.2) is 23.2 Å². The lowest BCUT2D eigenvalue weighted by Gasteiger charge is -2.06. The largest absolute Gasteiger partial charge is 0.496 e. The monoisotopic (exact) mass is 283 g/mol. The third kappa shape index (κ3) is 2.77. The van der Waals surface area contributed by atoms with E-state index >= 15 is 0 Å². The van der Waals surface area contributed by atoms with Crippen LogP contribution in [0.3, 0.4) is 0 Å². The molecule has 0 fully saturated rings. The van der Waals surface area contributed by atoms with Gasteiger partial charge in [0.05, 0.1) is 18.6 Å². The van der Waals surface area contributed by atoms with Gasteiger partial charge in [-0.3, -0.25) is 10.1 Å². The summed E-state index contributed by atoms with van der Waals surface area (Å²) in [5.74, 6) is 0.504. The molecule has 0 aliphatic rings. The first-order valence-corrected chi connectivity index (χ1v) is 6.42. The Morgan fingerprint density at radius 3 is 2.89 bits per heavy atom. The van der Waals surface area contributed by atoms with Crippen molar-refractivity contribution in [2.75, 3.05) is 12.4 Å². The van der Waals surface area contributed by atoms with E-state index in [1.807, 2.05) is 0 Å². The van der Waals surface area contributed by atoms with Crippen LogP contribution in [0.4, 0.5) is 5.13 Å². The van der Waals surface area contributed by atoms with Crippen LogP contribution in [0.2, 0.25) is 0 Å². The van der Waals surface area contributed by atoms with Crippen LogP contribution in [-0.2, 0) is 5.88 Å². The lowest BCUT2D eigenvalue weighted by atomic mass is 10.2. The number of carbonyl (C=O) groups is 1. The first-order valence-electron chi connectivity index (χ1n) is 5.07. The van der Waals surface area contributed by atoms with Crippen molar-refractivity contribution < 1.29 is 9.53 Å². The topological polar surface area (TPSA) is 64.1 Å². The maximum atomic E-state index is 12.0. The van der Waals surface area contributed by atoms with Crippen LogP contribution >= 0.6 is 22.9 Å². The highest BCUT2D eigenvalue weighted by Gasteiger charge is 2.13. The van der Waals surface area contributed by atoms with Gasteiger partial charge in [-0.2, -0.15) is 0 Å². The van der Waals surface area contributed by atoms with Crippen molar-refractivity contribution >= 4 is 34.0 Å². The Morgan fingerprint density at radius 1 is 1.44 bits per heavy atom. The van der Waals surface area contributed by atoms with Crippen molar-refractivity contribution in [1.29, 1.82) is 0 Å². The lowest BCUT2D eigenvalue weighted by Crippen LogP contribution is -2.12. The molecule has 2 rings (SSSR count). The van der Waals surface area contributed by atoms with E-state index in [2.05, 4.69) is 15.5 Å². The molecule has 0 bridgehead atoms. The number of anilines is 1. The van der Waals surface area contributed by atoms with Gasteiger partial charge in [0.1, 0.15) is 10.8 Å². The summed E-state index contributed by atoms with van der Waals surface area (Å²) in [4.78, 5) is 12.0. The molecule has 0 aliphatic carbocycles. The lowest BCUT2D eigenvalue weighted by molar-refractivity contribution is 0.102. The van der Waals surface area contributed by atoms with Crippen LogP contribution in [0.25, 0.3) is 0 Å². The quantitative estimate of drug-likeness (QED) is 0.876. The van der Waals surface area contributed by atoms with Gasteiger partial charge in [-0.1, -0.05) is 23.5 Å². The molecule has 0 unspecified atom stereocenters. The zero-order valence-corrected chi connectivity index (χ0v) is 11.1. The van der Waals surface area contributed by atoms with Gasteiger partial charge in [0, 0.05) is 0 Å². The summed E-state index contributed by atoms with van der Waals surface area (Å²) < 4.78 is 5.12. The Balaban J connectivity index is 2.16. The third-order valence-corrected chi connectivity index (χ3v) is 3.40. The molecule has 1 aromatic heterocycles. The standard InChI is InChI=1S/C11H10ClN3O2S/c1-17-8-5-3-2-4-7(8)10(16)13-11-15-14-9(6-12)18-11/h2-5H,6H2,1H3,(H,13,15,16). The number of alkyl halides is 1. The number of methoxy groups -OCH3 is 1. The molecule has 1 heterocycles. The van der Waals surface area contributed by atoms with E-state index in [1.165, 1.54) is 18.4 Å². The van der Waals surface area contributed by atoms with Gasteiger partial charge < -0.3 is 4.74 Å². The van der Waals surface area contributed by atoms with Gasteiger partial charge in [-0.25, -0.2) is 0 Å². The summed E-state index contributed by atoms with van der Waals surface area (Å²) in [6.45, 7) is 0. The van der Waals surface area contributed by atoms with Crippen molar-refractivity contribution in [3.05, 3.63) is 34.8 Å². The van der Waals surface area contributed by atoms with Crippen molar-refractivity contribution in [1.82, 2.24) is 10.2 Å². The van der Waals surface area contributed by atoms with Crippen molar-refractivity contribution in [3.63, 3.8) is 0 Å². The maximum absolute atomic E-state index is 12.0. The van der Waals surface area contributed by atoms with Crippen molar-refractivity contribution in [3.8, 4) is 5.75 Å². The van der Waals surface area contributed by atoms with Gasteiger partial charge in [-0.15, -0.1) is 21.8 Å². The fraction of sp³-hybridized carbons (Fsp3) is 0.182. The second-order valence-electron chi connectivity index (χ2n) is 3.29. The minimum atomic E-state index is -0.287. The predicted molar refractivity (Wildman–Crippen MR) is 70.4 cm³/mol. The Kier molecular flexibility index (Phi) is 4.11. The van der Waals surface area contributed by atoms with Crippen LogP contribution in [0.1, 0.15) is 15.4 Å². The molecule has 18 heavy (non-hydrogen) atoms. The number of halogens is 1. The summed E-state index contributed by atoms with van der Waals surface area (Å²) in [6.07, 6.45) is 0. The summed E-state index contributed by atoms with van der Waals surface area (Å²) in [7, 11) is 1.52. The van der Waals surface area contributed by atoms with Crippen LogP contribution in [0.5, 0.6) is 5.75 Å². The molecule has 0 saturated carbocycles. The molecule has 1 amide bonds. The predicted octanol–water partition coefficient (Wildman–Crippen LogP) is 2.54. The summed E-state index contributed by atoms with van der Waals surface area (Å²) in [5.41, 5.74) is 0.447. The van der Waals surface area contributed by atoms with Gasteiger partial charge in [-0.05, 0) is 12.1 Å². The van der Waals surface area contributed by atoms with Crippen LogP contribution in [0, 0.1) is 0 Å². The third-order valence-electron chi connectivity index (χ3n) is 2.15. The number of ether oxygens (including phenoxy) is 1. The fourth-order valence-corrected chi connectivity index (χ4v) is 2.16. The van der Waals surface area contributed by atoms with Crippen molar-refractivity contribution in [2.24, 2.45) is 0 Å². The molecule has 1 N–H and O–H groups in total. The Morgan fingerprint density at radius 2 is 2.22 bits per heavy atom. The minimum absolute atomic E-state index is 0.280. The van der Waals surface area contributed by atoms with Crippen LogP contribution < -0.4 is 10.1 Å². The van der Waals surface area contributed by atoms with Crippen LogP contribution in [0.15, 0.2) is 24.3 Å². The number of amides is 1. The Hall–Kier alpha value is -1.66. The first kappa shape index (κ1) is 12.8.